The number of hydrogen-bond donors (Lipinski definition) is 2. The molecule has 0 aliphatic carbocycles. The van der Waals surface area contributed by atoms with E-state index in [4.69, 9.17) is 0 Å². The lowest BCUT2D eigenvalue weighted by molar-refractivity contribution is 0.182. The first kappa shape index (κ1) is 13.6. The Morgan fingerprint density at radius 3 is 2.58 bits per heavy atom. The van der Waals surface area contributed by atoms with Gasteiger partial charge < -0.3 is 10.4 Å². The van der Waals surface area contributed by atoms with Crippen molar-refractivity contribution in [3.63, 3.8) is 0 Å². The molecule has 0 saturated heterocycles. The summed E-state index contributed by atoms with van der Waals surface area (Å²) in [5.74, 6) is 0. The van der Waals surface area contributed by atoms with Gasteiger partial charge in [-0.2, -0.15) is 0 Å². The number of benzene rings is 1. The first-order valence-electron chi connectivity index (χ1n) is 6.41. The molecule has 0 aliphatic rings. The monoisotopic (exact) mass is 261 g/mol. The molecule has 2 atom stereocenters. The van der Waals surface area contributed by atoms with E-state index in [9.17, 15) is 5.11 Å². The Morgan fingerprint density at radius 1 is 1.26 bits per heavy atom. The highest BCUT2D eigenvalue weighted by atomic mass is 16.3. The molecule has 0 spiro atoms. The van der Waals surface area contributed by atoms with Crippen LogP contribution in [0.2, 0.25) is 0 Å². The molecule has 1 aromatic carbocycles. The fraction of sp³-hybridized carbons (Fsp3) is 0.462. The van der Waals surface area contributed by atoms with Crippen LogP contribution in [0.25, 0.3) is 5.69 Å². The van der Waals surface area contributed by atoms with Gasteiger partial charge in [0.1, 0.15) is 6.33 Å². The van der Waals surface area contributed by atoms with Crippen LogP contribution in [0, 0.1) is 0 Å². The third-order valence-corrected chi connectivity index (χ3v) is 3.02. The molecule has 1 heterocycles. The van der Waals surface area contributed by atoms with Crippen LogP contribution in [-0.2, 0) is 0 Å². The highest BCUT2D eigenvalue weighted by Gasteiger charge is 2.06. The number of nitrogens with one attached hydrogen (secondary N) is 1. The van der Waals surface area contributed by atoms with E-state index in [1.54, 1.807) is 17.9 Å². The SMILES string of the molecule is CC(O)CCNC(C)c1ccc(-n2cnnn2)cc1. The van der Waals surface area contributed by atoms with Gasteiger partial charge in [-0.25, -0.2) is 4.68 Å². The molecular formula is C13H19N5O. The first-order chi connectivity index (χ1) is 9.16. The molecule has 2 aromatic rings. The van der Waals surface area contributed by atoms with Crippen LogP contribution in [0.15, 0.2) is 30.6 Å². The number of nitrogens with zero attached hydrogens (tertiary/aromatic N) is 4. The molecule has 2 N–H and O–H groups in total. The van der Waals surface area contributed by atoms with Crippen molar-refractivity contribution in [2.75, 3.05) is 6.54 Å². The lowest BCUT2D eigenvalue weighted by Gasteiger charge is -2.15. The lowest BCUT2D eigenvalue weighted by Crippen LogP contribution is -2.22. The smallest absolute Gasteiger partial charge is 0.143 e. The van der Waals surface area contributed by atoms with Gasteiger partial charge in [-0.05, 0) is 54.9 Å². The summed E-state index contributed by atoms with van der Waals surface area (Å²) in [5.41, 5.74) is 2.13. The molecule has 0 saturated carbocycles. The zero-order valence-corrected chi connectivity index (χ0v) is 11.2. The summed E-state index contributed by atoms with van der Waals surface area (Å²) in [5, 5.41) is 23.7. The van der Waals surface area contributed by atoms with Crippen molar-refractivity contribution in [3.05, 3.63) is 36.2 Å². The van der Waals surface area contributed by atoms with Crippen LogP contribution in [0.1, 0.15) is 31.9 Å². The Hall–Kier alpha value is -1.79. The summed E-state index contributed by atoms with van der Waals surface area (Å²) >= 11 is 0. The van der Waals surface area contributed by atoms with Crippen molar-refractivity contribution in [3.8, 4) is 5.69 Å². The van der Waals surface area contributed by atoms with Crippen LogP contribution in [0.3, 0.4) is 0 Å². The molecule has 19 heavy (non-hydrogen) atoms. The first-order valence-corrected chi connectivity index (χ1v) is 6.41. The van der Waals surface area contributed by atoms with Crippen molar-refractivity contribution in [2.45, 2.75) is 32.4 Å². The van der Waals surface area contributed by atoms with Crippen molar-refractivity contribution < 1.29 is 5.11 Å². The number of hydrogen-bond acceptors (Lipinski definition) is 5. The van der Waals surface area contributed by atoms with E-state index in [1.165, 1.54) is 5.56 Å². The van der Waals surface area contributed by atoms with E-state index >= 15 is 0 Å². The molecule has 0 amide bonds. The minimum atomic E-state index is -0.262. The molecule has 1 aromatic heterocycles. The van der Waals surface area contributed by atoms with Crippen LogP contribution < -0.4 is 5.32 Å². The van der Waals surface area contributed by atoms with Crippen LogP contribution in [0.5, 0.6) is 0 Å². The molecule has 6 heteroatoms. The molecule has 0 fully saturated rings. The number of aromatic nitrogens is 4. The maximum atomic E-state index is 9.22. The normalized spacial score (nSPS) is 14.3. The lowest BCUT2D eigenvalue weighted by atomic mass is 10.1. The van der Waals surface area contributed by atoms with Crippen LogP contribution in [0.4, 0.5) is 0 Å². The Labute approximate surface area is 112 Å². The molecule has 0 aliphatic heterocycles. The number of tetrazole rings is 1. The Morgan fingerprint density at radius 2 is 2.00 bits per heavy atom. The predicted molar refractivity (Wildman–Crippen MR) is 71.9 cm³/mol. The summed E-state index contributed by atoms with van der Waals surface area (Å²) in [4.78, 5) is 0. The van der Waals surface area contributed by atoms with Gasteiger partial charge in [0, 0.05) is 6.04 Å². The van der Waals surface area contributed by atoms with Gasteiger partial charge in [-0.15, -0.1) is 5.10 Å². The number of aliphatic hydroxyl groups is 1. The standard InChI is InChI=1S/C13H19N5O/c1-10(19)7-8-14-11(2)12-3-5-13(6-4-12)18-9-15-16-17-18/h3-6,9-11,14,19H,7-8H2,1-2H3. The van der Waals surface area contributed by atoms with Gasteiger partial charge in [0.15, 0.2) is 0 Å². The van der Waals surface area contributed by atoms with E-state index in [0.717, 1.165) is 18.7 Å². The third-order valence-electron chi connectivity index (χ3n) is 3.02. The number of rotatable bonds is 6. The second kappa shape index (κ2) is 6.40. The molecule has 102 valence electrons. The average molecular weight is 261 g/mol. The maximum Gasteiger partial charge on any atom is 0.143 e. The summed E-state index contributed by atoms with van der Waals surface area (Å²) in [6, 6.07) is 8.33. The fourth-order valence-electron chi connectivity index (χ4n) is 1.82. The van der Waals surface area contributed by atoms with E-state index in [0.29, 0.717) is 0 Å². The molecule has 6 nitrogen and oxygen atoms in total. The number of aliphatic hydroxyl groups excluding tert-OH is 1. The largest absolute Gasteiger partial charge is 0.393 e. The Bertz CT molecular complexity index is 480. The average Bonchev–Trinajstić information content (AvgIpc) is 2.92. The zero-order valence-electron chi connectivity index (χ0n) is 11.2. The topological polar surface area (TPSA) is 75.9 Å². The fourth-order valence-corrected chi connectivity index (χ4v) is 1.82. The zero-order chi connectivity index (χ0) is 13.7. The van der Waals surface area contributed by atoms with Crippen LogP contribution >= 0.6 is 0 Å². The van der Waals surface area contributed by atoms with Gasteiger partial charge in [-0.3, -0.25) is 0 Å². The van der Waals surface area contributed by atoms with Crippen molar-refractivity contribution in [2.24, 2.45) is 0 Å². The van der Waals surface area contributed by atoms with Crippen LogP contribution in [-0.4, -0.2) is 38.0 Å². The predicted octanol–water partition coefficient (Wildman–Crippen LogP) is 1.08. The summed E-state index contributed by atoms with van der Waals surface area (Å²) in [7, 11) is 0. The molecule has 0 bridgehead atoms. The second-order valence-electron chi connectivity index (χ2n) is 4.66. The molecule has 2 rings (SSSR count). The third kappa shape index (κ3) is 3.84. The van der Waals surface area contributed by atoms with E-state index < -0.39 is 0 Å². The quantitative estimate of drug-likeness (QED) is 0.814. The Balaban J connectivity index is 1.94. The van der Waals surface area contributed by atoms with E-state index in [2.05, 4.69) is 39.9 Å². The molecular weight excluding hydrogens is 242 g/mol. The second-order valence-corrected chi connectivity index (χ2v) is 4.66. The highest BCUT2D eigenvalue weighted by Crippen LogP contribution is 2.14. The summed E-state index contributed by atoms with van der Waals surface area (Å²) in [6.45, 7) is 4.70. The minimum absolute atomic E-state index is 0.252. The molecule has 2 unspecified atom stereocenters. The van der Waals surface area contributed by atoms with Gasteiger partial charge in [0.2, 0.25) is 0 Å². The van der Waals surface area contributed by atoms with E-state index in [-0.39, 0.29) is 12.1 Å². The van der Waals surface area contributed by atoms with Crippen molar-refractivity contribution >= 4 is 0 Å². The minimum Gasteiger partial charge on any atom is -0.393 e. The van der Waals surface area contributed by atoms with Gasteiger partial charge in [0.05, 0.1) is 11.8 Å². The summed E-state index contributed by atoms with van der Waals surface area (Å²) in [6.07, 6.45) is 2.06. The van der Waals surface area contributed by atoms with Gasteiger partial charge in [0.25, 0.3) is 0 Å². The van der Waals surface area contributed by atoms with Crippen molar-refractivity contribution in [1.29, 1.82) is 0 Å². The van der Waals surface area contributed by atoms with Gasteiger partial charge in [-0.1, -0.05) is 12.1 Å². The Kier molecular flexibility index (Phi) is 4.59. The summed E-state index contributed by atoms with van der Waals surface area (Å²) < 4.78 is 1.62. The van der Waals surface area contributed by atoms with E-state index in [1.807, 2.05) is 12.1 Å². The van der Waals surface area contributed by atoms with Gasteiger partial charge >= 0.3 is 0 Å². The maximum absolute atomic E-state index is 9.22. The molecule has 0 radical (unpaired) electrons. The highest BCUT2D eigenvalue weighted by molar-refractivity contribution is 5.34. The van der Waals surface area contributed by atoms with Crippen molar-refractivity contribution in [1.82, 2.24) is 25.5 Å².